The van der Waals surface area contributed by atoms with Gasteiger partial charge in [0, 0.05) is 22.8 Å². The number of aromatic nitrogens is 1. The van der Waals surface area contributed by atoms with Crippen molar-refractivity contribution in [3.05, 3.63) is 52.7 Å². The molecule has 1 aliphatic carbocycles. The Kier molecular flexibility index (Phi) is 2.75. The van der Waals surface area contributed by atoms with Gasteiger partial charge in [-0.1, -0.05) is 29.4 Å². The highest BCUT2D eigenvalue weighted by Crippen LogP contribution is 2.28. The molecule has 0 amide bonds. The number of benzene rings is 1. The van der Waals surface area contributed by atoms with E-state index in [9.17, 15) is 9.59 Å². The minimum atomic E-state index is -0.542. The molecule has 0 bridgehead atoms. The lowest BCUT2D eigenvalue weighted by atomic mass is 9.93. The van der Waals surface area contributed by atoms with Gasteiger partial charge in [-0.05, 0) is 13.8 Å². The smallest absolute Gasteiger partial charge is 0.233 e. The predicted octanol–water partition coefficient (Wildman–Crippen LogP) is 2.51. The fourth-order valence-electron chi connectivity index (χ4n) is 2.08. The molecule has 0 atom stereocenters. The van der Waals surface area contributed by atoms with Crippen molar-refractivity contribution in [2.24, 2.45) is 0 Å². The predicted molar refractivity (Wildman–Crippen MR) is 73.4 cm³/mol. The molecule has 1 aromatic heterocycles. The van der Waals surface area contributed by atoms with Crippen LogP contribution in [0.15, 0.2) is 34.9 Å². The number of fused-ring (bicyclic) bond motifs is 1. The van der Waals surface area contributed by atoms with E-state index in [0.29, 0.717) is 22.7 Å². The SMILES string of the molecule is Cc1noc(NC2=CC(=O)C(=O)c3ccccc32)c1C. The van der Waals surface area contributed by atoms with Gasteiger partial charge in [0.1, 0.15) is 0 Å². The molecule has 0 unspecified atom stereocenters. The first-order valence-electron chi connectivity index (χ1n) is 6.17. The third-order valence-electron chi connectivity index (χ3n) is 3.37. The summed E-state index contributed by atoms with van der Waals surface area (Å²) in [5.74, 6) is -0.553. The van der Waals surface area contributed by atoms with E-state index in [1.807, 2.05) is 19.9 Å². The van der Waals surface area contributed by atoms with Crippen LogP contribution in [0.1, 0.15) is 27.2 Å². The standard InChI is InChI=1S/C15H12N2O3/c1-8-9(2)17-20-15(8)16-12-7-13(18)14(19)11-6-4-3-5-10(11)12/h3-7,16H,1-2H3. The van der Waals surface area contributed by atoms with Crippen LogP contribution in [0, 0.1) is 13.8 Å². The van der Waals surface area contributed by atoms with Crippen molar-refractivity contribution in [3.63, 3.8) is 0 Å². The second-order valence-corrected chi connectivity index (χ2v) is 4.64. The molecule has 1 aromatic carbocycles. The van der Waals surface area contributed by atoms with Gasteiger partial charge in [0.05, 0.1) is 11.4 Å². The molecule has 1 aliphatic rings. The number of allylic oxidation sites excluding steroid dienone is 1. The summed E-state index contributed by atoms with van der Waals surface area (Å²) < 4.78 is 5.18. The van der Waals surface area contributed by atoms with Gasteiger partial charge < -0.3 is 9.84 Å². The lowest BCUT2D eigenvalue weighted by Gasteiger charge is -2.16. The van der Waals surface area contributed by atoms with E-state index >= 15 is 0 Å². The van der Waals surface area contributed by atoms with Crippen LogP contribution in [0.3, 0.4) is 0 Å². The third kappa shape index (κ3) is 1.84. The van der Waals surface area contributed by atoms with Gasteiger partial charge in [-0.25, -0.2) is 0 Å². The molecule has 0 fully saturated rings. The molecule has 2 aromatic rings. The zero-order valence-corrected chi connectivity index (χ0v) is 11.1. The summed E-state index contributed by atoms with van der Waals surface area (Å²) in [5, 5.41) is 6.89. The van der Waals surface area contributed by atoms with Crippen molar-refractivity contribution in [2.75, 3.05) is 5.32 Å². The Labute approximate surface area is 115 Å². The first-order valence-corrected chi connectivity index (χ1v) is 6.17. The van der Waals surface area contributed by atoms with Crippen molar-refractivity contribution < 1.29 is 14.1 Å². The third-order valence-corrected chi connectivity index (χ3v) is 3.37. The van der Waals surface area contributed by atoms with E-state index in [0.717, 1.165) is 11.3 Å². The molecule has 100 valence electrons. The summed E-state index contributed by atoms with van der Waals surface area (Å²) in [6, 6.07) is 6.98. The average molecular weight is 268 g/mol. The number of carbonyl (C=O) groups is 2. The zero-order chi connectivity index (χ0) is 14.3. The minimum absolute atomic E-state index is 0.399. The Hall–Kier alpha value is -2.69. The van der Waals surface area contributed by atoms with Crippen molar-refractivity contribution in [3.8, 4) is 0 Å². The van der Waals surface area contributed by atoms with E-state index < -0.39 is 11.6 Å². The largest absolute Gasteiger partial charge is 0.338 e. The van der Waals surface area contributed by atoms with Gasteiger partial charge in [0.25, 0.3) is 0 Å². The Morgan fingerprint density at radius 2 is 1.80 bits per heavy atom. The van der Waals surface area contributed by atoms with E-state index in [-0.39, 0.29) is 0 Å². The summed E-state index contributed by atoms with van der Waals surface area (Å²) in [4.78, 5) is 23.6. The van der Waals surface area contributed by atoms with Crippen molar-refractivity contribution in [1.29, 1.82) is 0 Å². The monoisotopic (exact) mass is 268 g/mol. The van der Waals surface area contributed by atoms with Crippen molar-refractivity contribution >= 4 is 23.1 Å². The number of nitrogens with one attached hydrogen (secondary N) is 1. The fraction of sp³-hybridized carbons (Fsp3) is 0.133. The molecule has 3 rings (SSSR count). The van der Waals surface area contributed by atoms with Crippen molar-refractivity contribution in [2.45, 2.75) is 13.8 Å². The first-order chi connectivity index (χ1) is 9.58. The summed E-state index contributed by atoms with van der Waals surface area (Å²) in [6.07, 6.45) is 1.29. The van der Waals surface area contributed by atoms with Gasteiger partial charge >= 0.3 is 0 Å². The Bertz CT molecular complexity index is 756. The molecular weight excluding hydrogens is 256 g/mol. The topological polar surface area (TPSA) is 72.2 Å². The highest BCUT2D eigenvalue weighted by molar-refractivity contribution is 6.50. The maximum Gasteiger partial charge on any atom is 0.233 e. The van der Waals surface area contributed by atoms with Crippen LogP contribution in [0.4, 0.5) is 5.88 Å². The van der Waals surface area contributed by atoms with Gasteiger partial charge in [0.2, 0.25) is 17.5 Å². The molecule has 20 heavy (non-hydrogen) atoms. The fourth-order valence-corrected chi connectivity index (χ4v) is 2.08. The normalized spacial score (nSPS) is 14.0. The van der Waals surface area contributed by atoms with E-state index in [4.69, 9.17) is 4.52 Å². The first kappa shape index (κ1) is 12.3. The summed E-state index contributed by atoms with van der Waals surface area (Å²) in [7, 11) is 0. The number of carbonyl (C=O) groups excluding carboxylic acids is 2. The average Bonchev–Trinajstić information content (AvgIpc) is 2.76. The number of ketones is 2. The molecular formula is C15H12N2O3. The second kappa shape index (κ2) is 4.45. The molecule has 5 nitrogen and oxygen atoms in total. The lowest BCUT2D eigenvalue weighted by Crippen LogP contribution is -2.20. The van der Waals surface area contributed by atoms with Gasteiger partial charge in [-0.3, -0.25) is 9.59 Å². The number of anilines is 1. The number of Topliss-reactive ketones (excluding diaryl/α,β-unsaturated/α-hetero) is 1. The zero-order valence-electron chi connectivity index (χ0n) is 11.1. The second-order valence-electron chi connectivity index (χ2n) is 4.64. The maximum atomic E-state index is 11.8. The highest BCUT2D eigenvalue weighted by atomic mass is 16.5. The molecule has 0 radical (unpaired) electrons. The van der Waals surface area contributed by atoms with Crippen LogP contribution in [-0.2, 0) is 4.79 Å². The molecule has 0 saturated carbocycles. The van der Waals surface area contributed by atoms with E-state index in [2.05, 4.69) is 10.5 Å². The van der Waals surface area contributed by atoms with E-state index in [1.165, 1.54) is 6.08 Å². The van der Waals surface area contributed by atoms with Crippen LogP contribution in [0.5, 0.6) is 0 Å². The number of hydrogen-bond acceptors (Lipinski definition) is 5. The molecule has 0 aliphatic heterocycles. The van der Waals surface area contributed by atoms with Crippen LogP contribution >= 0.6 is 0 Å². The van der Waals surface area contributed by atoms with Gasteiger partial charge in [-0.15, -0.1) is 0 Å². The number of rotatable bonds is 2. The lowest BCUT2D eigenvalue weighted by molar-refractivity contribution is -0.111. The Balaban J connectivity index is 2.05. The van der Waals surface area contributed by atoms with Crippen LogP contribution in [0.2, 0.25) is 0 Å². The number of hydrogen-bond donors (Lipinski definition) is 1. The molecule has 1 N–H and O–H groups in total. The Morgan fingerprint density at radius 1 is 1.10 bits per heavy atom. The molecule has 1 heterocycles. The van der Waals surface area contributed by atoms with Gasteiger partial charge in [-0.2, -0.15) is 0 Å². The Morgan fingerprint density at radius 3 is 2.45 bits per heavy atom. The maximum absolute atomic E-state index is 11.8. The molecule has 0 spiro atoms. The molecule has 5 heteroatoms. The molecule has 0 saturated heterocycles. The summed E-state index contributed by atoms with van der Waals surface area (Å²) in [6.45, 7) is 3.71. The minimum Gasteiger partial charge on any atom is -0.338 e. The highest BCUT2D eigenvalue weighted by Gasteiger charge is 2.26. The van der Waals surface area contributed by atoms with Crippen molar-refractivity contribution in [1.82, 2.24) is 5.16 Å². The summed E-state index contributed by atoms with van der Waals surface area (Å²) >= 11 is 0. The summed E-state index contributed by atoms with van der Waals surface area (Å²) in [5.41, 5.74) is 3.28. The van der Waals surface area contributed by atoms with Crippen LogP contribution in [0.25, 0.3) is 5.70 Å². The van der Waals surface area contributed by atoms with Crippen LogP contribution < -0.4 is 5.32 Å². The van der Waals surface area contributed by atoms with Crippen LogP contribution in [-0.4, -0.2) is 16.7 Å². The number of nitrogens with zero attached hydrogens (tertiary/aromatic N) is 1. The number of aryl methyl sites for hydroxylation is 1. The van der Waals surface area contributed by atoms with Gasteiger partial charge in [0.15, 0.2) is 0 Å². The van der Waals surface area contributed by atoms with E-state index in [1.54, 1.807) is 18.2 Å². The quantitative estimate of drug-likeness (QED) is 0.847.